The van der Waals surface area contributed by atoms with E-state index in [9.17, 15) is 0 Å². The second-order valence-corrected chi connectivity index (χ2v) is 6.21. The van der Waals surface area contributed by atoms with Crippen LogP contribution in [-0.2, 0) is 13.0 Å². The molecule has 1 fully saturated rings. The van der Waals surface area contributed by atoms with Gasteiger partial charge >= 0.3 is 0 Å². The Balaban J connectivity index is 1.70. The van der Waals surface area contributed by atoms with Gasteiger partial charge in [-0.05, 0) is 30.7 Å². The number of benzene rings is 1. The van der Waals surface area contributed by atoms with Crippen LogP contribution in [0.15, 0.2) is 28.7 Å². The maximum atomic E-state index is 5.95. The number of furan rings is 1. The zero-order valence-electron chi connectivity index (χ0n) is 12.7. The van der Waals surface area contributed by atoms with Gasteiger partial charge in [-0.3, -0.25) is 0 Å². The van der Waals surface area contributed by atoms with Gasteiger partial charge in [0.15, 0.2) is 0 Å². The van der Waals surface area contributed by atoms with Crippen molar-refractivity contribution in [3.8, 4) is 0 Å². The molecule has 1 aromatic carbocycles. The molecule has 0 atom stereocenters. The van der Waals surface area contributed by atoms with Gasteiger partial charge in [0.2, 0.25) is 0 Å². The topological polar surface area (TPSA) is 25.2 Å². The zero-order chi connectivity index (χ0) is 14.0. The summed E-state index contributed by atoms with van der Waals surface area (Å²) in [7, 11) is 0. The van der Waals surface area contributed by atoms with Crippen LogP contribution in [0.4, 0.5) is 0 Å². The molecule has 0 bridgehead atoms. The molecule has 0 amide bonds. The van der Waals surface area contributed by atoms with Crippen LogP contribution in [0.1, 0.15) is 50.9 Å². The van der Waals surface area contributed by atoms with Crippen molar-refractivity contribution in [2.45, 2.75) is 52.5 Å². The standard InChI is InChI=1S/C18H25NO/c1-3-9-18(10-11-18)13-19-12-15-14-7-5-6-8-17(14)20-16(15)4-2/h5-8,19H,3-4,9-13H2,1-2H3. The lowest BCUT2D eigenvalue weighted by atomic mass is 10.0. The molecule has 108 valence electrons. The molecule has 1 heterocycles. The van der Waals surface area contributed by atoms with E-state index in [0.717, 1.165) is 30.9 Å². The van der Waals surface area contributed by atoms with Crippen molar-refractivity contribution in [2.75, 3.05) is 6.54 Å². The second kappa shape index (κ2) is 5.61. The highest BCUT2D eigenvalue weighted by atomic mass is 16.3. The first-order valence-corrected chi connectivity index (χ1v) is 7.98. The Morgan fingerprint density at radius 1 is 1.20 bits per heavy atom. The summed E-state index contributed by atoms with van der Waals surface area (Å²) in [6.07, 6.45) is 6.44. The Morgan fingerprint density at radius 3 is 2.70 bits per heavy atom. The fraction of sp³-hybridized carbons (Fsp3) is 0.556. The number of rotatable bonds is 7. The first-order chi connectivity index (χ1) is 9.78. The van der Waals surface area contributed by atoms with E-state index in [1.165, 1.54) is 36.6 Å². The maximum Gasteiger partial charge on any atom is 0.134 e. The van der Waals surface area contributed by atoms with Crippen LogP contribution in [0.25, 0.3) is 11.0 Å². The van der Waals surface area contributed by atoms with Crippen molar-refractivity contribution in [1.29, 1.82) is 0 Å². The first-order valence-electron chi connectivity index (χ1n) is 7.98. The molecule has 20 heavy (non-hydrogen) atoms. The lowest BCUT2D eigenvalue weighted by Crippen LogP contribution is -2.23. The molecule has 1 aliphatic rings. The minimum Gasteiger partial charge on any atom is -0.461 e. The smallest absolute Gasteiger partial charge is 0.134 e. The molecule has 3 rings (SSSR count). The fourth-order valence-corrected chi connectivity index (χ4v) is 3.30. The SMILES string of the molecule is CCCC1(CNCc2c(CC)oc3ccccc23)CC1. The van der Waals surface area contributed by atoms with Crippen LogP contribution in [0, 0.1) is 5.41 Å². The van der Waals surface area contributed by atoms with Gasteiger partial charge in [-0.1, -0.05) is 38.5 Å². The van der Waals surface area contributed by atoms with Crippen molar-refractivity contribution in [3.63, 3.8) is 0 Å². The van der Waals surface area contributed by atoms with E-state index in [2.05, 4.69) is 37.4 Å². The summed E-state index contributed by atoms with van der Waals surface area (Å²) in [5, 5.41) is 4.96. The van der Waals surface area contributed by atoms with Crippen molar-refractivity contribution >= 4 is 11.0 Å². The molecule has 1 aromatic heterocycles. The number of nitrogens with one attached hydrogen (secondary N) is 1. The van der Waals surface area contributed by atoms with Crippen LogP contribution in [0.5, 0.6) is 0 Å². The average molecular weight is 271 g/mol. The molecule has 2 heteroatoms. The van der Waals surface area contributed by atoms with E-state index in [0.29, 0.717) is 5.41 Å². The summed E-state index contributed by atoms with van der Waals surface area (Å²) < 4.78 is 5.95. The normalized spacial score (nSPS) is 16.7. The summed E-state index contributed by atoms with van der Waals surface area (Å²) in [6, 6.07) is 8.38. The first kappa shape index (κ1) is 13.7. The third kappa shape index (κ3) is 2.62. The Morgan fingerprint density at radius 2 is 2.00 bits per heavy atom. The predicted molar refractivity (Wildman–Crippen MR) is 83.9 cm³/mol. The van der Waals surface area contributed by atoms with Gasteiger partial charge in [0.05, 0.1) is 0 Å². The number of hydrogen-bond donors (Lipinski definition) is 1. The van der Waals surface area contributed by atoms with Gasteiger partial charge in [-0.15, -0.1) is 0 Å². The van der Waals surface area contributed by atoms with E-state index in [4.69, 9.17) is 4.42 Å². The minimum atomic E-state index is 0.612. The molecular formula is C18H25NO. The zero-order valence-corrected chi connectivity index (χ0v) is 12.7. The van der Waals surface area contributed by atoms with E-state index in [-0.39, 0.29) is 0 Å². The Kier molecular flexibility index (Phi) is 3.84. The molecule has 2 aromatic rings. The number of para-hydroxylation sites is 1. The van der Waals surface area contributed by atoms with Gasteiger partial charge in [-0.25, -0.2) is 0 Å². The van der Waals surface area contributed by atoms with E-state index >= 15 is 0 Å². The van der Waals surface area contributed by atoms with Gasteiger partial charge in [0, 0.05) is 30.5 Å². The fourth-order valence-electron chi connectivity index (χ4n) is 3.30. The van der Waals surface area contributed by atoms with Gasteiger partial charge in [0.1, 0.15) is 11.3 Å². The van der Waals surface area contributed by atoms with Crippen LogP contribution in [-0.4, -0.2) is 6.54 Å². The summed E-state index contributed by atoms with van der Waals surface area (Å²) in [5.41, 5.74) is 2.99. The van der Waals surface area contributed by atoms with Crippen LogP contribution in [0.2, 0.25) is 0 Å². The molecule has 0 unspecified atom stereocenters. The summed E-state index contributed by atoms with van der Waals surface area (Å²) in [5.74, 6) is 1.14. The molecule has 0 saturated heterocycles. The average Bonchev–Trinajstić information content (AvgIpc) is 3.13. The molecule has 0 aliphatic heterocycles. The number of hydrogen-bond acceptors (Lipinski definition) is 2. The number of fused-ring (bicyclic) bond motifs is 1. The maximum absolute atomic E-state index is 5.95. The van der Waals surface area contributed by atoms with Gasteiger partial charge < -0.3 is 9.73 Å². The molecular weight excluding hydrogens is 246 g/mol. The third-order valence-electron chi connectivity index (χ3n) is 4.64. The van der Waals surface area contributed by atoms with E-state index in [1.54, 1.807) is 0 Å². The molecule has 1 saturated carbocycles. The largest absolute Gasteiger partial charge is 0.461 e. The summed E-state index contributed by atoms with van der Waals surface area (Å²) in [6.45, 7) is 6.55. The highest BCUT2D eigenvalue weighted by molar-refractivity contribution is 5.82. The van der Waals surface area contributed by atoms with E-state index in [1.807, 2.05) is 6.07 Å². The second-order valence-electron chi connectivity index (χ2n) is 6.21. The van der Waals surface area contributed by atoms with Crippen molar-refractivity contribution in [2.24, 2.45) is 5.41 Å². The molecule has 2 nitrogen and oxygen atoms in total. The van der Waals surface area contributed by atoms with Crippen molar-refractivity contribution < 1.29 is 4.42 Å². The monoisotopic (exact) mass is 271 g/mol. The Bertz CT molecular complexity index is 580. The summed E-state index contributed by atoms with van der Waals surface area (Å²) in [4.78, 5) is 0. The van der Waals surface area contributed by atoms with Crippen molar-refractivity contribution in [3.05, 3.63) is 35.6 Å². The Hall–Kier alpha value is -1.28. The summed E-state index contributed by atoms with van der Waals surface area (Å²) >= 11 is 0. The van der Waals surface area contributed by atoms with Crippen LogP contribution >= 0.6 is 0 Å². The lowest BCUT2D eigenvalue weighted by Gasteiger charge is -2.14. The molecule has 0 radical (unpaired) electrons. The minimum absolute atomic E-state index is 0.612. The predicted octanol–water partition coefficient (Wildman–Crippen LogP) is 4.67. The molecule has 1 aliphatic carbocycles. The highest BCUT2D eigenvalue weighted by Gasteiger charge is 2.40. The van der Waals surface area contributed by atoms with Crippen LogP contribution < -0.4 is 5.32 Å². The lowest BCUT2D eigenvalue weighted by molar-refractivity contribution is 0.419. The van der Waals surface area contributed by atoms with Gasteiger partial charge in [0.25, 0.3) is 0 Å². The highest BCUT2D eigenvalue weighted by Crippen LogP contribution is 2.49. The van der Waals surface area contributed by atoms with E-state index < -0.39 is 0 Å². The molecule has 0 spiro atoms. The third-order valence-corrected chi connectivity index (χ3v) is 4.64. The van der Waals surface area contributed by atoms with Crippen LogP contribution in [0.3, 0.4) is 0 Å². The Labute approximate surface area is 121 Å². The molecule has 1 N–H and O–H groups in total. The van der Waals surface area contributed by atoms with Gasteiger partial charge in [-0.2, -0.15) is 0 Å². The quantitative estimate of drug-likeness (QED) is 0.792. The van der Waals surface area contributed by atoms with Crippen molar-refractivity contribution in [1.82, 2.24) is 5.32 Å². The number of aryl methyl sites for hydroxylation is 1.